The van der Waals surface area contributed by atoms with Gasteiger partial charge in [-0.25, -0.2) is 8.78 Å². The average Bonchev–Trinajstić information content (AvgIpc) is 2.82. The molecule has 35 heavy (non-hydrogen) atoms. The molecule has 1 heterocycles. The van der Waals surface area contributed by atoms with Crippen LogP contribution in [0.1, 0.15) is 27.9 Å². The first-order valence-corrected chi connectivity index (χ1v) is 10.7. The van der Waals surface area contributed by atoms with Gasteiger partial charge in [-0.3, -0.25) is 14.6 Å². The molecule has 3 rings (SSSR count). The molecule has 11 heteroatoms. The summed E-state index contributed by atoms with van der Waals surface area (Å²) in [6, 6.07) is 12.6. The van der Waals surface area contributed by atoms with Crippen molar-refractivity contribution in [3.8, 4) is 5.75 Å². The summed E-state index contributed by atoms with van der Waals surface area (Å²) in [5.41, 5.74) is 18.8. The maximum absolute atomic E-state index is 13.6. The van der Waals surface area contributed by atoms with E-state index in [-0.39, 0.29) is 36.2 Å². The molecule has 1 aliphatic heterocycles. The van der Waals surface area contributed by atoms with Gasteiger partial charge in [0.05, 0.1) is 31.0 Å². The van der Waals surface area contributed by atoms with E-state index in [1.165, 1.54) is 7.11 Å². The second kappa shape index (κ2) is 11.0. The number of benzene rings is 2. The number of amidine groups is 1. The summed E-state index contributed by atoms with van der Waals surface area (Å²) in [5.74, 6) is -4.16. The fourth-order valence-corrected chi connectivity index (χ4v) is 3.60. The van der Waals surface area contributed by atoms with Crippen LogP contribution in [-0.2, 0) is 16.1 Å². The van der Waals surface area contributed by atoms with Crippen molar-refractivity contribution < 1.29 is 27.8 Å². The fourth-order valence-electron chi connectivity index (χ4n) is 3.60. The molecule has 0 aliphatic carbocycles. The highest BCUT2D eigenvalue weighted by molar-refractivity contribution is 6.24. The van der Waals surface area contributed by atoms with Crippen LogP contribution in [0, 0.1) is 0 Å². The highest BCUT2D eigenvalue weighted by Gasteiger charge is 2.37. The van der Waals surface area contributed by atoms with E-state index in [0.717, 1.165) is 5.56 Å². The van der Waals surface area contributed by atoms with Crippen LogP contribution in [0.5, 0.6) is 5.75 Å². The van der Waals surface area contributed by atoms with Gasteiger partial charge in [0.25, 0.3) is 17.7 Å². The third-order valence-corrected chi connectivity index (χ3v) is 5.32. The number of para-hydroxylation sites is 1. The number of hydrogen-bond acceptors (Lipinski definition) is 6. The number of amides is 2. The standard InChI is InChI=1S/C24H27F2N5O4/c1-34-18-5-3-2-4-17(18)23(33)30-11-14-6-8-15(9-7-14)20(27)19(22(29)32)21(28)31-16-10-24(25,26)13-35-12-16/h2-9,16H,10-13,27H2,1H3,(H2,28,31)(H2,29,32)(H,30,33). The van der Waals surface area contributed by atoms with Crippen LogP contribution in [0.4, 0.5) is 8.78 Å². The van der Waals surface area contributed by atoms with Crippen molar-refractivity contribution in [2.75, 3.05) is 20.3 Å². The Morgan fingerprint density at radius 1 is 1.14 bits per heavy atom. The second-order valence-electron chi connectivity index (χ2n) is 7.98. The number of halogens is 2. The third kappa shape index (κ3) is 6.54. The van der Waals surface area contributed by atoms with Gasteiger partial charge >= 0.3 is 0 Å². The van der Waals surface area contributed by atoms with Crippen LogP contribution in [0.3, 0.4) is 0 Å². The van der Waals surface area contributed by atoms with Crippen LogP contribution in [-0.4, -0.2) is 49.9 Å². The minimum Gasteiger partial charge on any atom is -0.496 e. The van der Waals surface area contributed by atoms with E-state index in [0.29, 0.717) is 16.9 Å². The molecular formula is C24H27F2N5O4. The highest BCUT2D eigenvalue weighted by Crippen LogP contribution is 2.27. The predicted octanol–water partition coefficient (Wildman–Crippen LogP) is 1.56. The largest absolute Gasteiger partial charge is 0.496 e. The van der Waals surface area contributed by atoms with Crippen LogP contribution >= 0.6 is 0 Å². The highest BCUT2D eigenvalue weighted by atomic mass is 19.3. The number of methoxy groups -OCH3 is 1. The number of aliphatic imine (C=N–C) groups is 1. The van der Waals surface area contributed by atoms with E-state index in [2.05, 4.69) is 10.3 Å². The summed E-state index contributed by atoms with van der Waals surface area (Å²) >= 11 is 0. The number of rotatable bonds is 8. The number of hydrogen-bond donors (Lipinski definition) is 4. The van der Waals surface area contributed by atoms with Gasteiger partial charge < -0.3 is 32.0 Å². The normalized spacial score (nSPS) is 18.4. The fraction of sp³-hybridized carbons (Fsp3) is 0.292. The summed E-state index contributed by atoms with van der Waals surface area (Å²) in [4.78, 5) is 28.5. The molecular weight excluding hydrogens is 460 g/mol. The Labute approximate surface area is 201 Å². The van der Waals surface area contributed by atoms with Crippen molar-refractivity contribution in [1.29, 1.82) is 0 Å². The summed E-state index contributed by atoms with van der Waals surface area (Å²) in [6.07, 6.45) is -0.561. The number of ether oxygens (including phenoxy) is 2. The molecule has 2 amide bonds. The van der Waals surface area contributed by atoms with Crippen LogP contribution in [0.2, 0.25) is 0 Å². The van der Waals surface area contributed by atoms with E-state index in [1.807, 2.05) is 0 Å². The molecule has 1 saturated heterocycles. The van der Waals surface area contributed by atoms with Crippen molar-refractivity contribution in [3.05, 3.63) is 70.8 Å². The smallest absolute Gasteiger partial charge is 0.273 e. The van der Waals surface area contributed by atoms with Gasteiger partial charge in [-0.05, 0) is 23.3 Å². The first kappa shape index (κ1) is 25.6. The minimum absolute atomic E-state index is 0.0492. The number of nitrogens with two attached hydrogens (primary N) is 3. The molecule has 0 saturated carbocycles. The summed E-state index contributed by atoms with van der Waals surface area (Å²) in [6.45, 7) is -0.522. The molecule has 2 aromatic carbocycles. The molecule has 0 aromatic heterocycles. The Bertz CT molecular complexity index is 1150. The van der Waals surface area contributed by atoms with Gasteiger partial charge in [-0.15, -0.1) is 0 Å². The van der Waals surface area contributed by atoms with Crippen molar-refractivity contribution in [3.63, 3.8) is 0 Å². The first-order chi connectivity index (χ1) is 16.6. The maximum atomic E-state index is 13.6. The quantitative estimate of drug-likeness (QED) is 0.252. The van der Waals surface area contributed by atoms with Gasteiger partial charge in [0.15, 0.2) is 0 Å². The van der Waals surface area contributed by atoms with Crippen LogP contribution < -0.4 is 27.3 Å². The molecule has 1 atom stereocenters. The summed E-state index contributed by atoms with van der Waals surface area (Å²) in [5, 5.41) is 2.80. The zero-order valence-corrected chi connectivity index (χ0v) is 19.1. The maximum Gasteiger partial charge on any atom is 0.273 e. The number of carbonyl (C=O) groups is 2. The Balaban J connectivity index is 1.74. The third-order valence-electron chi connectivity index (χ3n) is 5.32. The van der Waals surface area contributed by atoms with Gasteiger partial charge in [-0.2, -0.15) is 0 Å². The Morgan fingerprint density at radius 3 is 2.46 bits per heavy atom. The molecule has 1 aliphatic rings. The molecule has 0 radical (unpaired) electrons. The summed E-state index contributed by atoms with van der Waals surface area (Å²) < 4.78 is 37.2. The van der Waals surface area contributed by atoms with Crippen LogP contribution in [0.15, 0.2) is 59.1 Å². The van der Waals surface area contributed by atoms with E-state index in [9.17, 15) is 18.4 Å². The summed E-state index contributed by atoms with van der Waals surface area (Å²) in [7, 11) is 1.48. The van der Waals surface area contributed by atoms with Gasteiger partial charge in [0, 0.05) is 13.0 Å². The molecule has 1 fully saturated rings. The number of primary amides is 1. The van der Waals surface area contributed by atoms with E-state index in [1.54, 1.807) is 48.5 Å². The SMILES string of the molecule is COc1ccccc1C(=O)NCc1ccc(C(N)=C(C(N)=O)C(N)=NC2COCC(F)(F)C2)cc1. The zero-order valence-electron chi connectivity index (χ0n) is 19.1. The molecule has 2 aromatic rings. The lowest BCUT2D eigenvalue weighted by molar-refractivity contribution is -0.120. The Kier molecular flexibility index (Phi) is 8.02. The molecule has 1 unspecified atom stereocenters. The predicted molar refractivity (Wildman–Crippen MR) is 127 cm³/mol. The second-order valence-corrected chi connectivity index (χ2v) is 7.98. The molecule has 0 bridgehead atoms. The first-order valence-electron chi connectivity index (χ1n) is 10.7. The van der Waals surface area contributed by atoms with E-state index in [4.69, 9.17) is 26.7 Å². The van der Waals surface area contributed by atoms with Gasteiger partial charge in [0.1, 0.15) is 23.8 Å². The lowest BCUT2D eigenvalue weighted by Gasteiger charge is -2.27. The Morgan fingerprint density at radius 2 is 1.83 bits per heavy atom. The topological polar surface area (TPSA) is 155 Å². The molecule has 0 spiro atoms. The monoisotopic (exact) mass is 487 g/mol. The van der Waals surface area contributed by atoms with Gasteiger partial charge in [-0.1, -0.05) is 36.4 Å². The lowest BCUT2D eigenvalue weighted by atomic mass is 10.0. The van der Waals surface area contributed by atoms with Crippen molar-refractivity contribution in [2.24, 2.45) is 22.2 Å². The van der Waals surface area contributed by atoms with E-state index >= 15 is 0 Å². The number of nitrogens with one attached hydrogen (secondary N) is 1. The van der Waals surface area contributed by atoms with Crippen molar-refractivity contribution in [1.82, 2.24) is 5.32 Å². The Hall–Kier alpha value is -3.99. The average molecular weight is 488 g/mol. The van der Waals surface area contributed by atoms with Crippen molar-refractivity contribution >= 4 is 23.3 Å². The minimum atomic E-state index is -3.04. The molecule has 7 N–H and O–H groups in total. The van der Waals surface area contributed by atoms with Crippen LogP contribution in [0.25, 0.3) is 5.70 Å². The molecule has 186 valence electrons. The molecule has 9 nitrogen and oxygen atoms in total. The van der Waals surface area contributed by atoms with E-state index < -0.39 is 30.9 Å². The number of carbonyl (C=O) groups excluding carboxylic acids is 2. The zero-order chi connectivity index (χ0) is 25.6. The van der Waals surface area contributed by atoms with Crippen molar-refractivity contribution in [2.45, 2.75) is 24.9 Å². The van der Waals surface area contributed by atoms with Gasteiger partial charge in [0.2, 0.25) is 0 Å². The lowest BCUT2D eigenvalue weighted by Crippen LogP contribution is -2.39. The number of nitrogens with zero attached hydrogens (tertiary/aromatic N) is 1. The number of alkyl halides is 2.